The van der Waals surface area contributed by atoms with E-state index < -0.39 is 0 Å². The number of nitrogens with one attached hydrogen (secondary N) is 1. The minimum Gasteiger partial charge on any atom is -0.384 e. The fraction of sp³-hybridized carbons (Fsp3) is 0.800. The summed E-state index contributed by atoms with van der Waals surface area (Å²) in [5, 5.41) is 0. The highest BCUT2D eigenvalue weighted by Gasteiger charge is 2.08. The fourth-order valence-corrected chi connectivity index (χ4v) is 0.735. The summed E-state index contributed by atoms with van der Waals surface area (Å²) >= 11 is 5.94. The van der Waals surface area contributed by atoms with Crippen molar-refractivity contribution in [3.8, 4) is 0 Å². The maximum Gasteiger partial charge on any atom is 0.146 e. The van der Waals surface area contributed by atoms with Gasteiger partial charge in [-0.1, -0.05) is 12.2 Å². The van der Waals surface area contributed by atoms with Crippen LogP contribution in [-0.2, 0) is 0 Å². The van der Waals surface area contributed by atoms with Crippen molar-refractivity contribution in [3.63, 3.8) is 0 Å². The molecular formula is C5H12N2S2. The summed E-state index contributed by atoms with van der Waals surface area (Å²) in [6.45, 7) is 6.16. The third-order valence-corrected chi connectivity index (χ3v) is 1.62. The fourth-order valence-electron chi connectivity index (χ4n) is 0.203. The first-order valence-electron chi connectivity index (χ1n) is 2.65. The van der Waals surface area contributed by atoms with Gasteiger partial charge in [0.15, 0.2) is 0 Å². The first-order chi connectivity index (χ1) is 3.92. The molecule has 0 atom stereocenters. The molecule has 0 aliphatic carbocycles. The monoisotopic (exact) mass is 164 g/mol. The van der Waals surface area contributed by atoms with Crippen LogP contribution in [0.3, 0.4) is 0 Å². The van der Waals surface area contributed by atoms with Crippen LogP contribution < -0.4 is 10.5 Å². The third kappa shape index (κ3) is 8.20. The Morgan fingerprint density at radius 1 is 1.56 bits per heavy atom. The van der Waals surface area contributed by atoms with Crippen molar-refractivity contribution in [1.82, 2.24) is 4.72 Å². The zero-order valence-corrected chi connectivity index (χ0v) is 7.53. The highest BCUT2D eigenvalue weighted by Crippen LogP contribution is 2.05. The lowest BCUT2D eigenvalue weighted by Crippen LogP contribution is -2.32. The number of hydrogen-bond acceptors (Lipinski definition) is 3. The van der Waals surface area contributed by atoms with Crippen molar-refractivity contribution < 1.29 is 0 Å². The number of rotatable bonds is 1. The van der Waals surface area contributed by atoms with Crippen LogP contribution >= 0.6 is 24.2 Å². The molecule has 0 unspecified atom stereocenters. The predicted octanol–water partition coefficient (Wildman–Crippen LogP) is 1.27. The molecule has 0 aliphatic rings. The van der Waals surface area contributed by atoms with E-state index in [1.54, 1.807) is 0 Å². The second-order valence-corrected chi connectivity index (χ2v) is 4.32. The van der Waals surface area contributed by atoms with Crippen molar-refractivity contribution in [2.75, 3.05) is 0 Å². The summed E-state index contributed by atoms with van der Waals surface area (Å²) < 4.78 is 3.51. The Morgan fingerprint density at radius 3 is 2.11 bits per heavy atom. The maximum absolute atomic E-state index is 5.23. The van der Waals surface area contributed by atoms with E-state index in [0.717, 1.165) is 0 Å². The van der Waals surface area contributed by atoms with Gasteiger partial charge in [-0.2, -0.15) is 0 Å². The first kappa shape index (κ1) is 9.20. The molecule has 3 N–H and O–H groups in total. The van der Waals surface area contributed by atoms with Gasteiger partial charge in [-0.15, -0.1) is 0 Å². The highest BCUT2D eigenvalue weighted by molar-refractivity contribution is 8.21. The lowest BCUT2D eigenvalue weighted by molar-refractivity contribution is 0.537. The molecule has 0 rings (SSSR count). The Balaban J connectivity index is 3.39. The smallest absolute Gasteiger partial charge is 0.146 e. The van der Waals surface area contributed by atoms with Gasteiger partial charge in [0, 0.05) is 5.54 Å². The number of hydrogen-bond donors (Lipinski definition) is 2. The molecule has 0 fully saturated rings. The maximum atomic E-state index is 5.23. The van der Waals surface area contributed by atoms with E-state index in [-0.39, 0.29) is 5.54 Å². The lowest BCUT2D eigenvalue weighted by Gasteiger charge is -2.18. The van der Waals surface area contributed by atoms with Gasteiger partial charge in [0.1, 0.15) is 4.32 Å². The molecule has 0 heterocycles. The van der Waals surface area contributed by atoms with Gasteiger partial charge in [-0.25, -0.2) is 0 Å². The minimum atomic E-state index is 0.0775. The molecule has 0 saturated carbocycles. The Kier molecular flexibility index (Phi) is 3.46. The van der Waals surface area contributed by atoms with Crippen LogP contribution in [0.1, 0.15) is 20.8 Å². The molecule has 0 aromatic rings. The average molecular weight is 164 g/mol. The average Bonchev–Trinajstić information content (AvgIpc) is 1.59. The second-order valence-electron chi connectivity index (χ2n) is 2.77. The van der Waals surface area contributed by atoms with E-state index in [0.29, 0.717) is 4.32 Å². The highest BCUT2D eigenvalue weighted by atomic mass is 32.2. The van der Waals surface area contributed by atoms with Crippen molar-refractivity contribution in [2.45, 2.75) is 26.3 Å². The summed E-state index contributed by atoms with van der Waals surface area (Å²) in [6.07, 6.45) is 0. The van der Waals surface area contributed by atoms with Crippen LogP contribution in [0.15, 0.2) is 0 Å². The Labute approximate surface area is 65.7 Å². The lowest BCUT2D eigenvalue weighted by atomic mass is 10.1. The third-order valence-electron chi connectivity index (χ3n) is 0.458. The molecular weight excluding hydrogens is 152 g/mol. The summed E-state index contributed by atoms with van der Waals surface area (Å²) in [6, 6.07) is 0. The molecule has 0 spiro atoms. The quantitative estimate of drug-likeness (QED) is 0.452. The van der Waals surface area contributed by atoms with E-state index in [2.05, 4.69) is 37.7 Å². The summed E-state index contributed by atoms with van der Waals surface area (Å²) in [7, 11) is 0. The zero-order valence-electron chi connectivity index (χ0n) is 5.89. The van der Waals surface area contributed by atoms with E-state index in [1.165, 1.54) is 11.9 Å². The van der Waals surface area contributed by atoms with E-state index in [1.807, 2.05) is 0 Å². The minimum absolute atomic E-state index is 0.0775. The van der Waals surface area contributed by atoms with E-state index in [9.17, 15) is 0 Å². The molecule has 2 nitrogen and oxygen atoms in total. The molecule has 0 aromatic carbocycles. The molecule has 4 heteroatoms. The van der Waals surface area contributed by atoms with Gasteiger partial charge in [-0.05, 0) is 32.7 Å². The molecule has 0 amide bonds. The van der Waals surface area contributed by atoms with Crippen LogP contribution in [0.25, 0.3) is 0 Å². The topological polar surface area (TPSA) is 38.0 Å². The van der Waals surface area contributed by atoms with Gasteiger partial charge in [-0.3, -0.25) is 4.72 Å². The molecule has 0 radical (unpaired) electrons. The van der Waals surface area contributed by atoms with Crippen molar-refractivity contribution in [1.29, 1.82) is 0 Å². The SMILES string of the molecule is CC(C)(C)NSC(N)=S. The zero-order chi connectivity index (χ0) is 7.49. The first-order valence-corrected chi connectivity index (χ1v) is 3.88. The summed E-state index contributed by atoms with van der Waals surface area (Å²) in [5.74, 6) is 0. The molecule has 9 heavy (non-hydrogen) atoms. The van der Waals surface area contributed by atoms with Crippen LogP contribution in [0.5, 0.6) is 0 Å². The Bertz CT molecular complexity index is 106. The van der Waals surface area contributed by atoms with Crippen molar-refractivity contribution in [3.05, 3.63) is 0 Å². The Hall–Kier alpha value is 0.200. The molecule has 54 valence electrons. The van der Waals surface area contributed by atoms with Gasteiger partial charge >= 0.3 is 0 Å². The van der Waals surface area contributed by atoms with Gasteiger partial charge < -0.3 is 5.73 Å². The van der Waals surface area contributed by atoms with Gasteiger partial charge in [0.25, 0.3) is 0 Å². The Morgan fingerprint density at radius 2 is 2.00 bits per heavy atom. The van der Waals surface area contributed by atoms with E-state index >= 15 is 0 Å². The largest absolute Gasteiger partial charge is 0.384 e. The molecule has 0 aliphatic heterocycles. The van der Waals surface area contributed by atoms with Crippen molar-refractivity contribution >= 4 is 28.5 Å². The van der Waals surface area contributed by atoms with Crippen LogP contribution in [0.2, 0.25) is 0 Å². The van der Waals surface area contributed by atoms with Crippen LogP contribution in [0, 0.1) is 0 Å². The summed E-state index contributed by atoms with van der Waals surface area (Å²) in [5.41, 5.74) is 5.31. The molecule has 0 saturated heterocycles. The van der Waals surface area contributed by atoms with Gasteiger partial charge in [0.2, 0.25) is 0 Å². The van der Waals surface area contributed by atoms with Crippen LogP contribution in [0.4, 0.5) is 0 Å². The van der Waals surface area contributed by atoms with Gasteiger partial charge in [0.05, 0.1) is 0 Å². The molecule has 0 aromatic heterocycles. The summed E-state index contributed by atoms with van der Waals surface area (Å²) in [4.78, 5) is 0. The molecule has 0 bridgehead atoms. The van der Waals surface area contributed by atoms with Crippen molar-refractivity contribution in [2.24, 2.45) is 5.73 Å². The van der Waals surface area contributed by atoms with Crippen LogP contribution in [-0.4, -0.2) is 9.86 Å². The predicted molar refractivity (Wildman–Crippen MR) is 47.3 cm³/mol. The standard InChI is InChI=1S/C5H12N2S2/c1-5(2,3)7-9-4(6)8/h7H,1-3H3,(H2,6,8). The normalized spacial score (nSPS) is 11.4. The number of nitrogens with two attached hydrogens (primary N) is 1. The number of thiocarbonyl (C=S) groups is 1. The second kappa shape index (κ2) is 3.39. The van der Waals surface area contributed by atoms with E-state index in [4.69, 9.17) is 5.73 Å².